The Balaban J connectivity index is 0.000000331. The van der Waals surface area contributed by atoms with Gasteiger partial charge in [-0.3, -0.25) is 9.59 Å². The van der Waals surface area contributed by atoms with Crippen molar-refractivity contribution in [2.24, 2.45) is 0 Å². The standard InChI is InChI=1S/C28H34O4.C26H30O4/c1-8-17-32-26-20(13-16-23(30)19-11-14-21(29)15-12-19)18-22(27(4,5)9-2)25(31)24(26)28(6,7)10-3;1-4-7-9-20-18-21(13-16-24(28)19-11-14-22(27)15-12-19)26(30-17-6-3)23(25(20)29)10-8-5-2/h9-16,18,29,31H,2-3,8,17H2,1,4-7H3;4-5,7-8,11-16,18,27,29H,6,9-10,17H2,1-3H3/b16-13+;7-4+,8-5+,16-13+. The number of aromatic hydroxyl groups is 4. The normalized spacial score (nSPS) is 11.9. The molecule has 0 atom stereocenters. The molecular weight excluding hydrogens is 777 g/mol. The monoisotopic (exact) mass is 840 g/mol. The molecule has 4 rings (SSSR count). The first-order chi connectivity index (χ1) is 29.5. The molecule has 0 aliphatic rings. The van der Waals surface area contributed by atoms with Gasteiger partial charge in [0.1, 0.15) is 34.5 Å². The van der Waals surface area contributed by atoms with Gasteiger partial charge in [0.25, 0.3) is 0 Å². The van der Waals surface area contributed by atoms with Gasteiger partial charge in [-0.1, -0.05) is 78.0 Å². The molecule has 0 radical (unpaired) electrons. The van der Waals surface area contributed by atoms with Crippen LogP contribution in [0.25, 0.3) is 12.2 Å². The summed E-state index contributed by atoms with van der Waals surface area (Å²) in [5.41, 5.74) is 4.14. The van der Waals surface area contributed by atoms with E-state index >= 15 is 0 Å². The number of phenolic OH excluding ortho intramolecular Hbond substituents is 4. The maximum Gasteiger partial charge on any atom is 0.185 e. The second-order valence-electron chi connectivity index (χ2n) is 15.9. The zero-order valence-electron chi connectivity index (χ0n) is 37.6. The smallest absolute Gasteiger partial charge is 0.185 e. The Labute approximate surface area is 368 Å². The lowest BCUT2D eigenvalue weighted by molar-refractivity contribution is 0.103. The van der Waals surface area contributed by atoms with E-state index in [4.69, 9.17) is 9.47 Å². The molecule has 0 saturated heterocycles. The molecule has 0 aliphatic heterocycles. The van der Waals surface area contributed by atoms with Crippen molar-refractivity contribution in [3.05, 3.63) is 167 Å². The van der Waals surface area contributed by atoms with E-state index in [-0.39, 0.29) is 34.6 Å². The Kier molecular flexibility index (Phi) is 18.8. The van der Waals surface area contributed by atoms with Gasteiger partial charge in [-0.25, -0.2) is 0 Å². The third-order valence-electron chi connectivity index (χ3n) is 10.3. The summed E-state index contributed by atoms with van der Waals surface area (Å²) in [6.07, 6.45) is 20.6. The molecule has 0 amide bonds. The van der Waals surface area contributed by atoms with Crippen LogP contribution in [0.1, 0.15) is 122 Å². The summed E-state index contributed by atoms with van der Waals surface area (Å²) >= 11 is 0. The highest BCUT2D eigenvalue weighted by Gasteiger charge is 2.33. The van der Waals surface area contributed by atoms with Gasteiger partial charge in [-0.15, -0.1) is 13.2 Å². The lowest BCUT2D eigenvalue weighted by Gasteiger charge is -2.31. The minimum Gasteiger partial charge on any atom is -0.508 e. The Morgan fingerprint density at radius 2 is 1.08 bits per heavy atom. The molecule has 8 nitrogen and oxygen atoms in total. The Morgan fingerprint density at radius 1 is 0.629 bits per heavy atom. The zero-order chi connectivity index (χ0) is 46.0. The van der Waals surface area contributed by atoms with Gasteiger partial charge in [-0.05, 0) is 130 Å². The SMILES string of the molecule is C/C=C/Cc1cc(/C=C/C(=O)c2ccc(O)cc2)c(OCCC)c(C/C=C/C)c1O.C=CC(C)(C)c1cc(/C=C/C(=O)c2ccc(O)cc2)c(OCCC)c(C(C)(C)C=C)c1O. The van der Waals surface area contributed by atoms with Gasteiger partial charge in [0, 0.05) is 49.8 Å². The third-order valence-corrected chi connectivity index (χ3v) is 10.3. The van der Waals surface area contributed by atoms with E-state index in [1.165, 1.54) is 36.4 Å². The number of allylic oxidation sites excluding steroid dienone is 8. The fraction of sp³-hybridized carbons (Fsp3) is 0.296. The molecule has 0 fully saturated rings. The van der Waals surface area contributed by atoms with E-state index in [1.807, 2.05) is 91.8 Å². The van der Waals surface area contributed by atoms with Gasteiger partial charge < -0.3 is 29.9 Å². The Morgan fingerprint density at radius 3 is 1.53 bits per heavy atom. The number of benzene rings is 4. The van der Waals surface area contributed by atoms with Crippen molar-refractivity contribution in [1.29, 1.82) is 0 Å². The first kappa shape index (κ1) is 49.8. The number of hydrogen-bond donors (Lipinski definition) is 4. The Bertz CT molecular complexity index is 2280. The first-order valence-electron chi connectivity index (χ1n) is 21.1. The van der Waals surface area contributed by atoms with Crippen LogP contribution in [0, 0.1) is 0 Å². The molecule has 0 saturated carbocycles. The van der Waals surface area contributed by atoms with Crippen LogP contribution in [-0.4, -0.2) is 45.2 Å². The number of rotatable bonds is 20. The molecule has 8 heteroatoms. The number of carbonyl (C=O) groups excluding carboxylic acids is 2. The fourth-order valence-electron chi connectivity index (χ4n) is 6.36. The average Bonchev–Trinajstić information content (AvgIpc) is 3.26. The van der Waals surface area contributed by atoms with Crippen LogP contribution in [-0.2, 0) is 23.7 Å². The molecule has 328 valence electrons. The molecule has 0 spiro atoms. The number of carbonyl (C=O) groups is 2. The van der Waals surface area contributed by atoms with Gasteiger partial charge >= 0.3 is 0 Å². The Hall–Kier alpha value is -6.54. The molecule has 4 aromatic rings. The van der Waals surface area contributed by atoms with Crippen molar-refractivity contribution >= 4 is 23.7 Å². The number of ketones is 2. The quantitative estimate of drug-likeness (QED) is 0.0393. The first-order valence-corrected chi connectivity index (χ1v) is 21.1. The van der Waals surface area contributed by atoms with Gasteiger partial charge in [0.15, 0.2) is 11.6 Å². The highest BCUT2D eigenvalue weighted by atomic mass is 16.5. The lowest BCUT2D eigenvalue weighted by atomic mass is 9.76. The van der Waals surface area contributed by atoms with Gasteiger partial charge in [-0.2, -0.15) is 0 Å². The van der Waals surface area contributed by atoms with Crippen molar-refractivity contribution in [2.75, 3.05) is 13.2 Å². The molecule has 62 heavy (non-hydrogen) atoms. The van der Waals surface area contributed by atoms with E-state index in [0.717, 1.165) is 29.5 Å². The van der Waals surface area contributed by atoms with Crippen LogP contribution in [0.4, 0.5) is 0 Å². The van der Waals surface area contributed by atoms with Crippen LogP contribution in [0.5, 0.6) is 34.5 Å². The van der Waals surface area contributed by atoms with Gasteiger partial charge in [0.05, 0.1) is 13.2 Å². The van der Waals surface area contributed by atoms with Crippen molar-refractivity contribution in [2.45, 2.75) is 91.9 Å². The maximum atomic E-state index is 12.7. The predicted molar refractivity (Wildman–Crippen MR) is 254 cm³/mol. The number of phenols is 4. The molecule has 0 unspecified atom stereocenters. The maximum absolute atomic E-state index is 12.7. The van der Waals surface area contributed by atoms with Crippen molar-refractivity contribution in [3.8, 4) is 34.5 Å². The van der Waals surface area contributed by atoms with Crippen LogP contribution < -0.4 is 9.47 Å². The minimum absolute atomic E-state index is 0.104. The molecule has 0 bridgehead atoms. The summed E-state index contributed by atoms with van der Waals surface area (Å²) in [6, 6.07) is 16.0. The summed E-state index contributed by atoms with van der Waals surface area (Å²) in [5.74, 6) is 1.37. The van der Waals surface area contributed by atoms with Crippen molar-refractivity contribution in [1.82, 2.24) is 0 Å². The number of ether oxygens (including phenoxy) is 2. The molecule has 0 aromatic heterocycles. The van der Waals surface area contributed by atoms with Gasteiger partial charge in [0.2, 0.25) is 0 Å². The van der Waals surface area contributed by atoms with Crippen LogP contribution in [0.15, 0.2) is 122 Å². The summed E-state index contributed by atoms with van der Waals surface area (Å²) in [5, 5.41) is 41.1. The summed E-state index contributed by atoms with van der Waals surface area (Å²) in [4.78, 5) is 25.3. The highest BCUT2D eigenvalue weighted by Crippen LogP contribution is 2.47. The van der Waals surface area contributed by atoms with E-state index in [2.05, 4.69) is 13.2 Å². The fourth-order valence-corrected chi connectivity index (χ4v) is 6.36. The molecule has 0 aliphatic carbocycles. The topological polar surface area (TPSA) is 134 Å². The van der Waals surface area contributed by atoms with E-state index < -0.39 is 10.8 Å². The molecule has 4 aromatic carbocycles. The highest BCUT2D eigenvalue weighted by molar-refractivity contribution is 6.07. The molecule has 0 heterocycles. The predicted octanol–water partition coefficient (Wildman–Crippen LogP) is 12.7. The summed E-state index contributed by atoms with van der Waals surface area (Å²) in [7, 11) is 0. The number of hydrogen-bond acceptors (Lipinski definition) is 8. The minimum atomic E-state index is -0.579. The second-order valence-corrected chi connectivity index (χ2v) is 15.9. The van der Waals surface area contributed by atoms with Crippen molar-refractivity contribution < 1.29 is 39.5 Å². The van der Waals surface area contributed by atoms with Crippen LogP contribution in [0.3, 0.4) is 0 Å². The average molecular weight is 841 g/mol. The third kappa shape index (κ3) is 13.2. The largest absolute Gasteiger partial charge is 0.508 e. The van der Waals surface area contributed by atoms with Crippen LogP contribution >= 0.6 is 0 Å². The van der Waals surface area contributed by atoms with E-state index in [0.29, 0.717) is 65.4 Å². The van der Waals surface area contributed by atoms with Crippen LogP contribution in [0.2, 0.25) is 0 Å². The van der Waals surface area contributed by atoms with E-state index in [1.54, 1.807) is 48.6 Å². The summed E-state index contributed by atoms with van der Waals surface area (Å²) < 4.78 is 12.1. The van der Waals surface area contributed by atoms with Crippen molar-refractivity contribution in [3.63, 3.8) is 0 Å². The lowest BCUT2D eigenvalue weighted by Crippen LogP contribution is -2.21. The van der Waals surface area contributed by atoms with E-state index in [9.17, 15) is 30.0 Å². The summed E-state index contributed by atoms with van der Waals surface area (Å²) in [6.45, 7) is 24.7. The zero-order valence-corrected chi connectivity index (χ0v) is 37.6. The second kappa shape index (κ2) is 23.5. The molecule has 4 N–H and O–H groups in total. The molecular formula is C54H64O8.